The first-order chi connectivity index (χ1) is 10.6. The zero-order chi connectivity index (χ0) is 16.1. The summed E-state index contributed by atoms with van der Waals surface area (Å²) in [5.74, 6) is 1.08. The molecule has 0 unspecified atom stereocenters. The van der Waals surface area contributed by atoms with E-state index in [2.05, 4.69) is 10.3 Å². The topological polar surface area (TPSA) is 69.7 Å². The predicted molar refractivity (Wildman–Crippen MR) is 83.3 cm³/mol. The summed E-state index contributed by atoms with van der Waals surface area (Å²) in [7, 11) is 4.46. The van der Waals surface area contributed by atoms with Gasteiger partial charge < -0.3 is 19.5 Å². The van der Waals surface area contributed by atoms with Crippen LogP contribution in [0.1, 0.15) is 10.4 Å². The second kappa shape index (κ2) is 7.00. The molecule has 0 radical (unpaired) electrons. The van der Waals surface area contributed by atoms with Gasteiger partial charge in [0.2, 0.25) is 5.75 Å². The summed E-state index contributed by atoms with van der Waals surface area (Å²) in [5, 5.41) is 2.98. The van der Waals surface area contributed by atoms with E-state index in [9.17, 15) is 4.79 Å². The minimum Gasteiger partial charge on any atom is -0.493 e. The first-order valence-electron chi connectivity index (χ1n) is 6.32. The zero-order valence-electron chi connectivity index (χ0n) is 12.3. The molecule has 1 aromatic carbocycles. The number of amides is 1. The summed E-state index contributed by atoms with van der Waals surface area (Å²) in [6.45, 7) is 0. The van der Waals surface area contributed by atoms with Gasteiger partial charge in [0.05, 0.1) is 26.4 Å². The van der Waals surface area contributed by atoms with Gasteiger partial charge in [0.15, 0.2) is 17.3 Å². The molecule has 0 saturated heterocycles. The van der Waals surface area contributed by atoms with E-state index < -0.39 is 0 Å². The number of nitrogens with one attached hydrogen (secondary N) is 1. The summed E-state index contributed by atoms with van der Waals surface area (Å²) in [5.41, 5.74) is 0.330. The Labute approximate surface area is 133 Å². The highest BCUT2D eigenvalue weighted by molar-refractivity contribution is 6.33. The molecule has 1 heterocycles. The first kappa shape index (κ1) is 15.9. The van der Waals surface area contributed by atoms with Gasteiger partial charge in [0, 0.05) is 11.8 Å². The molecular weight excluding hydrogens is 308 g/mol. The Morgan fingerprint density at radius 1 is 1.14 bits per heavy atom. The van der Waals surface area contributed by atoms with Crippen LogP contribution in [0.4, 0.5) is 5.82 Å². The molecule has 0 bridgehead atoms. The van der Waals surface area contributed by atoms with Crippen molar-refractivity contribution in [3.05, 3.63) is 41.0 Å². The third-order valence-electron chi connectivity index (χ3n) is 2.92. The number of anilines is 1. The molecule has 0 spiro atoms. The van der Waals surface area contributed by atoms with Crippen LogP contribution in [0, 0.1) is 0 Å². The average molecular weight is 323 g/mol. The Kier molecular flexibility index (Phi) is 5.06. The lowest BCUT2D eigenvalue weighted by Crippen LogP contribution is -2.14. The number of methoxy groups -OCH3 is 3. The first-order valence-corrected chi connectivity index (χ1v) is 6.70. The van der Waals surface area contributed by atoms with Crippen molar-refractivity contribution in [2.75, 3.05) is 26.6 Å². The Bertz CT molecular complexity index is 666. The van der Waals surface area contributed by atoms with Gasteiger partial charge in [0.1, 0.15) is 0 Å². The summed E-state index contributed by atoms with van der Waals surface area (Å²) in [4.78, 5) is 16.4. The van der Waals surface area contributed by atoms with Crippen LogP contribution in [0.2, 0.25) is 5.02 Å². The maximum absolute atomic E-state index is 12.3. The molecule has 0 atom stereocenters. The van der Waals surface area contributed by atoms with E-state index in [1.807, 2.05) is 0 Å². The highest BCUT2D eigenvalue weighted by Gasteiger charge is 2.17. The second-order valence-corrected chi connectivity index (χ2v) is 4.61. The number of ether oxygens (including phenoxy) is 3. The van der Waals surface area contributed by atoms with E-state index in [0.717, 1.165) is 0 Å². The predicted octanol–water partition coefficient (Wildman–Crippen LogP) is 3.01. The van der Waals surface area contributed by atoms with E-state index in [-0.39, 0.29) is 11.7 Å². The Hall–Kier alpha value is -2.47. The van der Waals surface area contributed by atoms with Gasteiger partial charge in [-0.1, -0.05) is 11.6 Å². The van der Waals surface area contributed by atoms with Crippen molar-refractivity contribution in [2.45, 2.75) is 0 Å². The van der Waals surface area contributed by atoms with Crippen LogP contribution in [-0.2, 0) is 0 Å². The lowest BCUT2D eigenvalue weighted by atomic mass is 10.1. The number of nitrogens with zero attached hydrogens (tertiary/aromatic N) is 1. The largest absolute Gasteiger partial charge is 0.493 e. The highest BCUT2D eigenvalue weighted by Crippen LogP contribution is 2.38. The Morgan fingerprint density at radius 3 is 2.27 bits per heavy atom. The van der Waals surface area contributed by atoms with Gasteiger partial charge in [-0.25, -0.2) is 4.98 Å². The van der Waals surface area contributed by atoms with Crippen molar-refractivity contribution in [1.82, 2.24) is 4.98 Å². The molecule has 0 aliphatic heterocycles. The molecule has 1 aromatic heterocycles. The molecule has 2 aromatic rings. The zero-order valence-corrected chi connectivity index (χ0v) is 13.1. The number of halogens is 1. The van der Waals surface area contributed by atoms with E-state index >= 15 is 0 Å². The minimum absolute atomic E-state index is 0.280. The van der Waals surface area contributed by atoms with Gasteiger partial charge in [-0.3, -0.25) is 4.79 Å². The molecule has 1 N–H and O–H groups in total. The fourth-order valence-corrected chi connectivity index (χ4v) is 2.04. The molecule has 6 nitrogen and oxygen atoms in total. The minimum atomic E-state index is -0.389. The SMILES string of the molecule is COc1cc(C(=O)Nc2ncccc2Cl)cc(OC)c1OC. The van der Waals surface area contributed by atoms with Gasteiger partial charge in [-0.05, 0) is 24.3 Å². The fraction of sp³-hybridized carbons (Fsp3) is 0.200. The van der Waals surface area contributed by atoms with E-state index in [0.29, 0.717) is 27.8 Å². The second-order valence-electron chi connectivity index (χ2n) is 4.20. The number of hydrogen-bond donors (Lipinski definition) is 1. The summed E-state index contributed by atoms with van der Waals surface area (Å²) >= 11 is 5.97. The molecule has 116 valence electrons. The summed E-state index contributed by atoms with van der Waals surface area (Å²) < 4.78 is 15.6. The fourth-order valence-electron chi connectivity index (χ4n) is 1.87. The summed E-state index contributed by atoms with van der Waals surface area (Å²) in [6.07, 6.45) is 1.54. The number of benzene rings is 1. The number of aromatic nitrogens is 1. The van der Waals surface area contributed by atoms with Crippen LogP contribution >= 0.6 is 11.6 Å². The maximum atomic E-state index is 12.3. The number of carbonyl (C=O) groups excluding carboxylic acids is 1. The Balaban J connectivity index is 2.36. The van der Waals surface area contributed by atoms with Crippen molar-refractivity contribution < 1.29 is 19.0 Å². The quantitative estimate of drug-likeness (QED) is 0.916. The van der Waals surface area contributed by atoms with Crippen LogP contribution in [0.25, 0.3) is 0 Å². The van der Waals surface area contributed by atoms with E-state index in [4.69, 9.17) is 25.8 Å². The van der Waals surface area contributed by atoms with Crippen molar-refractivity contribution in [3.63, 3.8) is 0 Å². The molecular formula is C15H15ClN2O4. The monoisotopic (exact) mass is 322 g/mol. The lowest BCUT2D eigenvalue weighted by molar-refractivity contribution is 0.102. The number of carbonyl (C=O) groups is 1. The van der Waals surface area contributed by atoms with Gasteiger partial charge in [0.25, 0.3) is 5.91 Å². The third kappa shape index (κ3) is 3.23. The number of rotatable bonds is 5. The van der Waals surface area contributed by atoms with Crippen molar-refractivity contribution in [2.24, 2.45) is 0 Å². The van der Waals surface area contributed by atoms with Gasteiger partial charge >= 0.3 is 0 Å². The molecule has 22 heavy (non-hydrogen) atoms. The van der Waals surface area contributed by atoms with Crippen LogP contribution in [0.3, 0.4) is 0 Å². The van der Waals surface area contributed by atoms with Crippen molar-refractivity contribution in [1.29, 1.82) is 0 Å². The summed E-state index contributed by atoms with van der Waals surface area (Å²) in [6, 6.07) is 6.41. The molecule has 0 aliphatic rings. The number of pyridine rings is 1. The van der Waals surface area contributed by atoms with Crippen LogP contribution in [0.15, 0.2) is 30.5 Å². The van der Waals surface area contributed by atoms with Crippen LogP contribution in [-0.4, -0.2) is 32.2 Å². The molecule has 0 fully saturated rings. The molecule has 1 amide bonds. The molecule has 2 rings (SSSR count). The molecule has 0 saturated carbocycles. The van der Waals surface area contributed by atoms with Gasteiger partial charge in [-0.15, -0.1) is 0 Å². The highest BCUT2D eigenvalue weighted by atomic mass is 35.5. The third-order valence-corrected chi connectivity index (χ3v) is 3.22. The molecule has 7 heteroatoms. The average Bonchev–Trinajstić information content (AvgIpc) is 2.55. The normalized spacial score (nSPS) is 10.0. The van der Waals surface area contributed by atoms with Crippen molar-refractivity contribution >= 4 is 23.3 Å². The van der Waals surface area contributed by atoms with Crippen LogP contribution < -0.4 is 19.5 Å². The maximum Gasteiger partial charge on any atom is 0.257 e. The van der Waals surface area contributed by atoms with Gasteiger partial charge in [-0.2, -0.15) is 0 Å². The Morgan fingerprint density at radius 2 is 1.77 bits per heavy atom. The van der Waals surface area contributed by atoms with Crippen molar-refractivity contribution in [3.8, 4) is 17.2 Å². The van der Waals surface area contributed by atoms with E-state index in [1.165, 1.54) is 27.5 Å². The van der Waals surface area contributed by atoms with E-state index in [1.54, 1.807) is 24.3 Å². The lowest BCUT2D eigenvalue weighted by Gasteiger charge is -2.14. The smallest absolute Gasteiger partial charge is 0.257 e. The van der Waals surface area contributed by atoms with Crippen LogP contribution in [0.5, 0.6) is 17.2 Å². The molecule has 0 aliphatic carbocycles. The number of hydrogen-bond acceptors (Lipinski definition) is 5. The standard InChI is InChI=1S/C15H15ClN2O4/c1-20-11-7-9(8-12(21-2)13(11)22-3)15(19)18-14-10(16)5-4-6-17-14/h4-8H,1-3H3,(H,17,18,19).